The predicted molar refractivity (Wildman–Crippen MR) is 73.8 cm³/mol. The summed E-state index contributed by atoms with van der Waals surface area (Å²) < 4.78 is 42.7. The number of aromatic nitrogens is 1. The molecule has 0 fully saturated rings. The molecule has 1 heterocycles. The first-order valence-corrected chi connectivity index (χ1v) is 6.30. The van der Waals surface area contributed by atoms with Gasteiger partial charge in [-0.3, -0.25) is 4.79 Å². The third kappa shape index (κ3) is 3.75. The van der Waals surface area contributed by atoms with Crippen molar-refractivity contribution in [1.82, 2.24) is 9.88 Å². The molecule has 1 aromatic carbocycles. The van der Waals surface area contributed by atoms with Gasteiger partial charge in [-0.2, -0.15) is 13.2 Å². The summed E-state index contributed by atoms with van der Waals surface area (Å²) in [6.07, 6.45) is -3.04. The standard InChI is InChI=1S/C15H13F3N2O2/c1-20(2)14(21)10-3-8-13(19-9-10)22-12-6-4-11(5-7-12)15(16,17)18/h3-9H,1-2H3. The van der Waals surface area contributed by atoms with Crippen molar-refractivity contribution in [3.05, 3.63) is 53.7 Å². The first-order valence-electron chi connectivity index (χ1n) is 6.30. The van der Waals surface area contributed by atoms with Gasteiger partial charge in [-0.1, -0.05) is 0 Å². The molecule has 2 rings (SSSR count). The van der Waals surface area contributed by atoms with Gasteiger partial charge in [0.15, 0.2) is 0 Å². The maximum Gasteiger partial charge on any atom is 0.416 e. The Kier molecular flexibility index (Phi) is 4.35. The van der Waals surface area contributed by atoms with Crippen LogP contribution in [-0.2, 0) is 6.18 Å². The molecule has 0 aliphatic rings. The smallest absolute Gasteiger partial charge is 0.416 e. The van der Waals surface area contributed by atoms with Crippen LogP contribution in [0.4, 0.5) is 13.2 Å². The van der Waals surface area contributed by atoms with E-state index in [0.717, 1.165) is 12.1 Å². The lowest BCUT2D eigenvalue weighted by atomic mass is 10.2. The number of amides is 1. The highest BCUT2D eigenvalue weighted by atomic mass is 19.4. The normalized spacial score (nSPS) is 11.1. The zero-order valence-electron chi connectivity index (χ0n) is 11.9. The second-order valence-electron chi connectivity index (χ2n) is 4.71. The predicted octanol–water partition coefficient (Wildman–Crippen LogP) is 3.59. The fourth-order valence-electron chi connectivity index (χ4n) is 1.66. The van der Waals surface area contributed by atoms with Crippen LogP contribution < -0.4 is 4.74 Å². The number of nitrogens with zero attached hydrogens (tertiary/aromatic N) is 2. The minimum Gasteiger partial charge on any atom is -0.439 e. The Morgan fingerprint density at radius 1 is 1.09 bits per heavy atom. The number of hydrogen-bond donors (Lipinski definition) is 0. The number of alkyl halides is 3. The van der Waals surface area contributed by atoms with E-state index in [1.807, 2.05) is 0 Å². The zero-order valence-corrected chi connectivity index (χ0v) is 11.9. The summed E-state index contributed by atoms with van der Waals surface area (Å²) >= 11 is 0. The van der Waals surface area contributed by atoms with Crippen molar-refractivity contribution in [2.75, 3.05) is 14.1 Å². The summed E-state index contributed by atoms with van der Waals surface area (Å²) in [6, 6.07) is 7.30. The molecule has 1 aromatic heterocycles. The molecular weight excluding hydrogens is 297 g/mol. The third-order valence-electron chi connectivity index (χ3n) is 2.79. The fourth-order valence-corrected chi connectivity index (χ4v) is 1.66. The van der Waals surface area contributed by atoms with Crippen molar-refractivity contribution in [1.29, 1.82) is 0 Å². The first-order chi connectivity index (χ1) is 10.3. The number of rotatable bonds is 3. The number of carbonyl (C=O) groups excluding carboxylic acids is 1. The lowest BCUT2D eigenvalue weighted by Gasteiger charge is -2.11. The van der Waals surface area contributed by atoms with Crippen molar-refractivity contribution in [3.8, 4) is 11.6 Å². The van der Waals surface area contributed by atoms with E-state index in [-0.39, 0.29) is 17.5 Å². The molecule has 0 atom stereocenters. The van der Waals surface area contributed by atoms with Crippen LogP contribution in [0.2, 0.25) is 0 Å². The molecule has 0 unspecified atom stereocenters. The van der Waals surface area contributed by atoms with Gasteiger partial charge < -0.3 is 9.64 Å². The second-order valence-corrected chi connectivity index (χ2v) is 4.71. The van der Waals surface area contributed by atoms with Gasteiger partial charge in [-0.25, -0.2) is 4.98 Å². The maximum absolute atomic E-state index is 12.4. The third-order valence-corrected chi connectivity index (χ3v) is 2.79. The van der Waals surface area contributed by atoms with Gasteiger partial charge in [0.25, 0.3) is 5.91 Å². The number of halogens is 3. The van der Waals surface area contributed by atoms with E-state index in [1.165, 1.54) is 35.4 Å². The minimum absolute atomic E-state index is 0.190. The van der Waals surface area contributed by atoms with Crippen molar-refractivity contribution in [2.24, 2.45) is 0 Å². The molecule has 7 heteroatoms. The van der Waals surface area contributed by atoms with Crippen LogP contribution in [0.25, 0.3) is 0 Å². The Balaban J connectivity index is 2.09. The monoisotopic (exact) mass is 310 g/mol. The Hall–Kier alpha value is -2.57. The van der Waals surface area contributed by atoms with E-state index in [9.17, 15) is 18.0 Å². The van der Waals surface area contributed by atoms with Gasteiger partial charge in [0.2, 0.25) is 5.88 Å². The van der Waals surface area contributed by atoms with E-state index < -0.39 is 11.7 Å². The maximum atomic E-state index is 12.4. The molecule has 0 saturated carbocycles. The molecule has 0 bridgehead atoms. The number of hydrogen-bond acceptors (Lipinski definition) is 3. The summed E-state index contributed by atoms with van der Waals surface area (Å²) in [6.45, 7) is 0. The lowest BCUT2D eigenvalue weighted by molar-refractivity contribution is -0.137. The van der Waals surface area contributed by atoms with Crippen LogP contribution in [0, 0.1) is 0 Å². The summed E-state index contributed by atoms with van der Waals surface area (Å²) in [5.74, 6) is 0.218. The zero-order chi connectivity index (χ0) is 16.3. The van der Waals surface area contributed by atoms with E-state index in [4.69, 9.17) is 4.74 Å². The largest absolute Gasteiger partial charge is 0.439 e. The van der Waals surface area contributed by atoms with Gasteiger partial charge >= 0.3 is 6.18 Å². The summed E-state index contributed by atoms with van der Waals surface area (Å²) in [4.78, 5) is 17.1. The van der Waals surface area contributed by atoms with E-state index in [2.05, 4.69) is 4.98 Å². The van der Waals surface area contributed by atoms with Crippen molar-refractivity contribution < 1.29 is 22.7 Å². The highest BCUT2D eigenvalue weighted by molar-refractivity contribution is 5.93. The number of pyridine rings is 1. The summed E-state index contributed by atoms with van der Waals surface area (Å²) in [5, 5.41) is 0. The molecule has 0 radical (unpaired) electrons. The number of benzene rings is 1. The fraction of sp³-hybridized carbons (Fsp3) is 0.200. The van der Waals surface area contributed by atoms with E-state index in [1.54, 1.807) is 14.1 Å². The molecule has 116 valence electrons. The minimum atomic E-state index is -4.38. The Morgan fingerprint density at radius 2 is 1.73 bits per heavy atom. The Labute approximate surface area is 125 Å². The highest BCUT2D eigenvalue weighted by Crippen LogP contribution is 2.31. The highest BCUT2D eigenvalue weighted by Gasteiger charge is 2.30. The summed E-state index contributed by atoms with van der Waals surface area (Å²) in [5.41, 5.74) is -0.357. The van der Waals surface area contributed by atoms with Crippen LogP contribution in [0.5, 0.6) is 11.6 Å². The van der Waals surface area contributed by atoms with Gasteiger partial charge in [-0.15, -0.1) is 0 Å². The van der Waals surface area contributed by atoms with E-state index >= 15 is 0 Å². The average molecular weight is 310 g/mol. The van der Waals surface area contributed by atoms with Crippen LogP contribution >= 0.6 is 0 Å². The Morgan fingerprint density at radius 3 is 2.18 bits per heavy atom. The average Bonchev–Trinajstić information content (AvgIpc) is 2.47. The van der Waals surface area contributed by atoms with Crippen molar-refractivity contribution in [2.45, 2.75) is 6.18 Å². The molecule has 0 spiro atoms. The van der Waals surface area contributed by atoms with Crippen molar-refractivity contribution in [3.63, 3.8) is 0 Å². The molecule has 0 saturated heterocycles. The number of carbonyl (C=O) groups is 1. The van der Waals surface area contributed by atoms with Gasteiger partial charge in [0, 0.05) is 26.4 Å². The van der Waals surface area contributed by atoms with Gasteiger partial charge in [0.05, 0.1) is 11.1 Å². The molecule has 2 aromatic rings. The Bertz CT molecular complexity index is 650. The first kappa shape index (κ1) is 15.8. The molecule has 1 amide bonds. The van der Waals surface area contributed by atoms with E-state index in [0.29, 0.717) is 5.56 Å². The topological polar surface area (TPSA) is 42.4 Å². The quantitative estimate of drug-likeness (QED) is 0.870. The molecule has 0 aliphatic heterocycles. The molecule has 4 nitrogen and oxygen atoms in total. The number of ether oxygens (including phenoxy) is 1. The summed E-state index contributed by atoms with van der Waals surface area (Å²) in [7, 11) is 3.24. The van der Waals surface area contributed by atoms with Crippen LogP contribution in [-0.4, -0.2) is 29.9 Å². The van der Waals surface area contributed by atoms with Gasteiger partial charge in [-0.05, 0) is 30.3 Å². The lowest BCUT2D eigenvalue weighted by Crippen LogP contribution is -2.21. The molecule has 22 heavy (non-hydrogen) atoms. The molecule has 0 aliphatic carbocycles. The molecule has 0 N–H and O–H groups in total. The second kappa shape index (κ2) is 6.05. The van der Waals surface area contributed by atoms with Crippen molar-refractivity contribution >= 4 is 5.91 Å². The van der Waals surface area contributed by atoms with Crippen LogP contribution in [0.15, 0.2) is 42.6 Å². The van der Waals surface area contributed by atoms with Crippen LogP contribution in [0.1, 0.15) is 15.9 Å². The molecular formula is C15H13F3N2O2. The van der Waals surface area contributed by atoms with Gasteiger partial charge in [0.1, 0.15) is 5.75 Å². The SMILES string of the molecule is CN(C)C(=O)c1ccc(Oc2ccc(C(F)(F)F)cc2)nc1. The van der Waals surface area contributed by atoms with Crippen LogP contribution in [0.3, 0.4) is 0 Å².